The lowest BCUT2D eigenvalue weighted by atomic mass is 10.00. The molecule has 1 aliphatic rings. The van der Waals surface area contributed by atoms with Crippen molar-refractivity contribution in [1.82, 2.24) is 26.2 Å². The van der Waals surface area contributed by atoms with Gasteiger partial charge < -0.3 is 51.6 Å². The predicted octanol–water partition coefficient (Wildman–Crippen LogP) is -1.27. The number of hydrogen-bond acceptors (Lipinski definition) is 10. The number of carbonyl (C=O) groups excluding carboxylic acids is 6. The first kappa shape index (κ1) is 41.9. The highest BCUT2D eigenvalue weighted by Crippen LogP contribution is 2.35. The van der Waals surface area contributed by atoms with E-state index in [4.69, 9.17) is 10.8 Å². The quantitative estimate of drug-likeness (QED) is 0.0575. The molecule has 1 aliphatic heterocycles. The van der Waals surface area contributed by atoms with Gasteiger partial charge in [0, 0.05) is 19.4 Å². The van der Waals surface area contributed by atoms with Crippen molar-refractivity contribution in [1.29, 1.82) is 0 Å². The third-order valence-electron chi connectivity index (χ3n) is 7.77. The number of likely N-dealkylation sites (tertiary alicyclic amines) is 1. The lowest BCUT2D eigenvalue weighted by Gasteiger charge is -2.28. The number of aliphatic carboxylic acids is 1. The second kappa shape index (κ2) is 19.8. The van der Waals surface area contributed by atoms with Crippen molar-refractivity contribution in [3.8, 4) is 0 Å². The molecule has 1 heterocycles. The maximum atomic E-state index is 13.7. The summed E-state index contributed by atoms with van der Waals surface area (Å²) in [5.41, 5.74) is 6.40. The van der Waals surface area contributed by atoms with Crippen LogP contribution < -0.4 is 27.0 Å². The van der Waals surface area contributed by atoms with Crippen LogP contribution in [0.25, 0.3) is 0 Å². The van der Waals surface area contributed by atoms with Gasteiger partial charge in [-0.2, -0.15) is 0 Å². The van der Waals surface area contributed by atoms with E-state index in [9.17, 15) is 47.9 Å². The number of nitrogens with one attached hydrogen (secondary N) is 4. The van der Waals surface area contributed by atoms with Gasteiger partial charge in [-0.15, -0.1) is 0 Å². The molecule has 6 atom stereocenters. The van der Waals surface area contributed by atoms with Gasteiger partial charge in [0.05, 0.1) is 18.7 Å². The minimum atomic E-state index is -5.14. The van der Waals surface area contributed by atoms with Crippen LogP contribution in [0.15, 0.2) is 30.3 Å². The summed E-state index contributed by atoms with van der Waals surface area (Å²) in [6, 6.07) is 0.973. The van der Waals surface area contributed by atoms with Crippen molar-refractivity contribution in [2.24, 2.45) is 11.7 Å². The molecule has 1 fully saturated rings. The van der Waals surface area contributed by atoms with Crippen LogP contribution in [0.1, 0.15) is 58.4 Å². The Hall–Kier alpha value is -4.22. The normalized spacial score (nSPS) is 17.5. The van der Waals surface area contributed by atoms with Gasteiger partial charge in [-0.25, -0.2) is 4.57 Å². The van der Waals surface area contributed by atoms with Gasteiger partial charge in [0.15, 0.2) is 0 Å². The Labute approximate surface area is 289 Å². The van der Waals surface area contributed by atoms with E-state index in [1.54, 1.807) is 44.2 Å². The first-order chi connectivity index (χ1) is 23.4. The second-order valence-corrected chi connectivity index (χ2v) is 13.7. The van der Waals surface area contributed by atoms with E-state index < -0.39 is 86.2 Å². The minimum Gasteiger partial charge on any atom is -0.481 e. The molecule has 50 heavy (non-hydrogen) atoms. The van der Waals surface area contributed by atoms with Gasteiger partial charge in [0.25, 0.3) is 0 Å². The van der Waals surface area contributed by atoms with Crippen LogP contribution in [0.5, 0.6) is 0 Å². The Morgan fingerprint density at radius 1 is 0.940 bits per heavy atom. The Bertz CT molecular complexity index is 1410. The molecular formula is C31H47N6O12P. The van der Waals surface area contributed by atoms with Crippen LogP contribution in [-0.4, -0.2) is 111 Å². The number of amides is 5. The average molecular weight is 727 g/mol. The van der Waals surface area contributed by atoms with Crippen molar-refractivity contribution >= 4 is 49.6 Å². The van der Waals surface area contributed by atoms with E-state index in [0.29, 0.717) is 24.7 Å². The number of nitrogens with two attached hydrogens (primary N) is 1. The third-order valence-corrected chi connectivity index (χ3v) is 8.26. The fraction of sp³-hybridized carbons (Fsp3) is 0.581. The van der Waals surface area contributed by atoms with Crippen LogP contribution in [-0.2, 0) is 49.1 Å². The molecule has 19 heteroatoms. The fourth-order valence-electron chi connectivity index (χ4n) is 5.18. The summed E-state index contributed by atoms with van der Waals surface area (Å²) in [6.45, 7) is 4.18. The lowest BCUT2D eigenvalue weighted by molar-refractivity contribution is -0.139. The smallest absolute Gasteiger partial charge is 0.469 e. The summed E-state index contributed by atoms with van der Waals surface area (Å²) >= 11 is 0. The Morgan fingerprint density at radius 2 is 1.52 bits per heavy atom. The van der Waals surface area contributed by atoms with Crippen molar-refractivity contribution in [2.45, 2.75) is 95.5 Å². The molecule has 0 bridgehead atoms. The largest absolute Gasteiger partial charge is 0.481 e. The van der Waals surface area contributed by atoms with Crippen LogP contribution in [0.3, 0.4) is 0 Å². The number of hydrogen-bond donors (Lipinski definition) is 8. The van der Waals surface area contributed by atoms with Crippen molar-refractivity contribution in [3.05, 3.63) is 35.9 Å². The maximum absolute atomic E-state index is 13.7. The zero-order valence-electron chi connectivity index (χ0n) is 28.2. The van der Waals surface area contributed by atoms with Crippen molar-refractivity contribution < 1.29 is 57.5 Å². The topological polar surface area (TPSA) is 284 Å². The summed E-state index contributed by atoms with van der Waals surface area (Å²) < 4.78 is 16.0. The highest BCUT2D eigenvalue weighted by Gasteiger charge is 2.35. The van der Waals surface area contributed by atoms with E-state index in [-0.39, 0.29) is 38.1 Å². The zero-order chi connectivity index (χ0) is 37.6. The van der Waals surface area contributed by atoms with E-state index in [0.717, 1.165) is 0 Å². The molecule has 0 unspecified atom stereocenters. The summed E-state index contributed by atoms with van der Waals surface area (Å²) in [5.74, 6) is -5.45. The SMILES string of the molecule is CC(C)C[C@H](NC(=O)[C@@H](N)CCC(=O)O)C(=O)N[C@@H](Cc1ccccc1)C(=O)N[C@@H](COP(=O)(O)O)C(=O)N[C@@H](C)C(=O)N1CCC[C@H]1C=O. The van der Waals surface area contributed by atoms with E-state index in [1.165, 1.54) is 11.8 Å². The van der Waals surface area contributed by atoms with Gasteiger partial charge in [0.2, 0.25) is 29.5 Å². The molecule has 1 aromatic carbocycles. The monoisotopic (exact) mass is 726 g/mol. The molecule has 278 valence electrons. The summed E-state index contributed by atoms with van der Waals surface area (Å²) in [5, 5.41) is 18.7. The number of nitrogens with zero attached hydrogens (tertiary/aromatic N) is 1. The maximum Gasteiger partial charge on any atom is 0.469 e. The number of carboxylic acid groups (broad SMARTS) is 1. The van der Waals surface area contributed by atoms with E-state index >= 15 is 0 Å². The number of phosphoric acid groups is 1. The molecule has 0 spiro atoms. The highest BCUT2D eigenvalue weighted by atomic mass is 31.2. The molecule has 5 amide bonds. The van der Waals surface area contributed by atoms with E-state index in [2.05, 4.69) is 25.8 Å². The average Bonchev–Trinajstić information content (AvgIpc) is 3.53. The summed E-state index contributed by atoms with van der Waals surface area (Å²) in [4.78, 5) is 109. The Balaban J connectivity index is 2.31. The zero-order valence-corrected chi connectivity index (χ0v) is 29.0. The second-order valence-electron chi connectivity index (χ2n) is 12.4. The van der Waals surface area contributed by atoms with Crippen LogP contribution in [0.4, 0.5) is 0 Å². The molecule has 18 nitrogen and oxygen atoms in total. The first-order valence-electron chi connectivity index (χ1n) is 16.1. The number of benzene rings is 1. The first-order valence-corrected chi connectivity index (χ1v) is 17.6. The fourth-order valence-corrected chi connectivity index (χ4v) is 5.53. The lowest BCUT2D eigenvalue weighted by Crippen LogP contribution is -2.60. The highest BCUT2D eigenvalue weighted by molar-refractivity contribution is 7.46. The summed E-state index contributed by atoms with van der Waals surface area (Å²) in [7, 11) is -5.14. The van der Waals surface area contributed by atoms with Gasteiger partial charge in [-0.1, -0.05) is 44.2 Å². The Morgan fingerprint density at radius 3 is 2.10 bits per heavy atom. The minimum absolute atomic E-state index is 0.109. The van der Waals surface area contributed by atoms with Crippen LogP contribution in [0, 0.1) is 5.92 Å². The number of aldehydes is 1. The number of rotatable bonds is 20. The molecule has 0 aliphatic carbocycles. The molecule has 9 N–H and O–H groups in total. The molecular weight excluding hydrogens is 679 g/mol. The van der Waals surface area contributed by atoms with Gasteiger partial charge >= 0.3 is 13.8 Å². The molecule has 0 saturated carbocycles. The van der Waals surface area contributed by atoms with Crippen molar-refractivity contribution in [3.63, 3.8) is 0 Å². The third kappa shape index (κ3) is 14.3. The van der Waals surface area contributed by atoms with Gasteiger partial charge in [-0.3, -0.25) is 33.3 Å². The molecule has 0 radical (unpaired) electrons. The number of phosphoric ester groups is 1. The molecule has 1 aromatic rings. The summed E-state index contributed by atoms with van der Waals surface area (Å²) in [6.07, 6.45) is 1.09. The number of carboxylic acids is 1. The molecule has 1 saturated heterocycles. The molecule has 0 aromatic heterocycles. The van der Waals surface area contributed by atoms with Crippen LogP contribution in [0.2, 0.25) is 0 Å². The van der Waals surface area contributed by atoms with Gasteiger partial charge in [0.1, 0.15) is 30.5 Å². The van der Waals surface area contributed by atoms with Crippen molar-refractivity contribution in [2.75, 3.05) is 13.2 Å². The van der Waals surface area contributed by atoms with Crippen LogP contribution >= 0.6 is 7.82 Å². The van der Waals surface area contributed by atoms with Gasteiger partial charge in [-0.05, 0) is 44.1 Å². The Kier molecular flexibility index (Phi) is 16.6. The standard InChI is InChI=1S/C31H47N6O12P/c1-18(2)14-23(34-27(41)22(32)11-12-26(39)40)28(42)35-24(15-20-8-5-4-6-9-20)29(43)36-25(17-49-50(46,47)48)30(44)33-19(3)31(45)37-13-7-10-21(37)16-38/h4-6,8-9,16,18-19,21-25H,7,10-15,17,32H2,1-3H3,(H,33,44)(H,34,41)(H,35,42)(H,36,43)(H,39,40)(H2,46,47,48)/t19-,21-,22-,23-,24-,25-/m0/s1. The number of carbonyl (C=O) groups is 7. The predicted molar refractivity (Wildman–Crippen MR) is 177 cm³/mol. The van der Waals surface area contributed by atoms with E-state index in [1.807, 2.05) is 0 Å². The molecule has 2 rings (SSSR count).